The molecule has 0 saturated carbocycles. The summed E-state index contributed by atoms with van der Waals surface area (Å²) in [5.41, 5.74) is 0. The number of carbonyl (C=O) groups excluding carboxylic acids is 1. The molecule has 1 aromatic heterocycles. The van der Waals surface area contributed by atoms with Crippen LogP contribution in [0, 0.1) is 17.8 Å². The highest BCUT2D eigenvalue weighted by Crippen LogP contribution is 2.37. The first-order valence-corrected chi connectivity index (χ1v) is 10.0. The van der Waals surface area contributed by atoms with E-state index in [-0.39, 0.29) is 17.9 Å². The first kappa shape index (κ1) is 18.4. The Bertz CT molecular complexity index is 572. The summed E-state index contributed by atoms with van der Waals surface area (Å²) in [5, 5.41) is 0. The number of hydrogen-bond donors (Lipinski definition) is 0. The van der Waals surface area contributed by atoms with Gasteiger partial charge in [-0.1, -0.05) is 27.7 Å². The molecule has 0 radical (unpaired) electrons. The second-order valence-corrected chi connectivity index (χ2v) is 8.50. The summed E-state index contributed by atoms with van der Waals surface area (Å²) in [7, 11) is 0. The minimum Gasteiger partial charge on any atom is -0.333 e. The summed E-state index contributed by atoms with van der Waals surface area (Å²) in [6.45, 7) is 13.9. The van der Waals surface area contributed by atoms with Crippen LogP contribution in [0.4, 0.5) is 0 Å². The van der Waals surface area contributed by atoms with Crippen LogP contribution >= 0.6 is 0 Å². The molecule has 1 amide bonds. The molecule has 0 aliphatic carbocycles. The summed E-state index contributed by atoms with van der Waals surface area (Å²) in [6, 6.07) is 0.147. The van der Waals surface area contributed by atoms with E-state index in [1.165, 1.54) is 6.54 Å². The highest BCUT2D eigenvalue weighted by molar-refractivity contribution is 5.78. The Morgan fingerprint density at radius 3 is 2.52 bits per heavy atom. The number of hydrogen-bond acceptors (Lipinski definition) is 3. The Kier molecular flexibility index (Phi) is 5.82. The number of aryl methyl sites for hydroxylation is 1. The summed E-state index contributed by atoms with van der Waals surface area (Å²) < 4.78 is 2.28. The van der Waals surface area contributed by atoms with Crippen molar-refractivity contribution in [3.05, 3.63) is 18.2 Å². The van der Waals surface area contributed by atoms with Gasteiger partial charge in [0.2, 0.25) is 5.91 Å². The van der Waals surface area contributed by atoms with Crippen molar-refractivity contribution in [2.45, 2.75) is 59.5 Å². The highest BCUT2D eigenvalue weighted by atomic mass is 16.2. The van der Waals surface area contributed by atoms with Crippen molar-refractivity contribution in [2.24, 2.45) is 17.8 Å². The molecule has 0 spiro atoms. The number of nitrogens with zero attached hydrogens (tertiary/aromatic N) is 4. The number of carbonyl (C=O) groups is 1. The van der Waals surface area contributed by atoms with Crippen LogP contribution in [0.25, 0.3) is 0 Å². The SMILES string of the molecule is CC(C)CN1CCC(C2c3nccn3CCCN2C(=O)C(C)C)CC1. The van der Waals surface area contributed by atoms with Gasteiger partial charge >= 0.3 is 0 Å². The van der Waals surface area contributed by atoms with Gasteiger partial charge in [-0.2, -0.15) is 0 Å². The van der Waals surface area contributed by atoms with Crippen LogP contribution in [0.15, 0.2) is 12.4 Å². The van der Waals surface area contributed by atoms with E-state index in [0.717, 1.165) is 51.3 Å². The predicted molar refractivity (Wildman–Crippen MR) is 100 cm³/mol. The Morgan fingerprint density at radius 2 is 1.88 bits per heavy atom. The molecule has 3 rings (SSSR count). The van der Waals surface area contributed by atoms with Gasteiger partial charge in [0, 0.05) is 37.9 Å². The average Bonchev–Trinajstić information content (AvgIpc) is 2.95. The maximum Gasteiger partial charge on any atom is 0.225 e. The third-order valence-electron chi connectivity index (χ3n) is 5.63. The molecule has 1 fully saturated rings. The molecule has 0 bridgehead atoms. The number of amides is 1. The smallest absolute Gasteiger partial charge is 0.225 e. The fourth-order valence-electron chi connectivity index (χ4n) is 4.48. The molecule has 1 aromatic rings. The number of likely N-dealkylation sites (tertiary alicyclic amines) is 1. The van der Waals surface area contributed by atoms with E-state index < -0.39 is 0 Å². The zero-order valence-electron chi connectivity index (χ0n) is 16.3. The minimum atomic E-state index is 0.0463. The van der Waals surface area contributed by atoms with Crippen molar-refractivity contribution in [1.29, 1.82) is 0 Å². The van der Waals surface area contributed by atoms with Gasteiger partial charge in [0.05, 0.1) is 6.04 Å². The first-order chi connectivity index (χ1) is 12.0. The third kappa shape index (κ3) is 4.08. The number of piperidine rings is 1. The molecule has 25 heavy (non-hydrogen) atoms. The van der Waals surface area contributed by atoms with Crippen LogP contribution in [-0.4, -0.2) is 51.4 Å². The Hall–Kier alpha value is -1.36. The van der Waals surface area contributed by atoms with Gasteiger partial charge in [0.25, 0.3) is 0 Å². The van der Waals surface area contributed by atoms with Crippen molar-refractivity contribution in [3.8, 4) is 0 Å². The molecule has 0 aromatic carbocycles. The van der Waals surface area contributed by atoms with Gasteiger partial charge in [0.15, 0.2) is 0 Å². The summed E-state index contributed by atoms with van der Waals surface area (Å²) >= 11 is 0. The van der Waals surface area contributed by atoms with Gasteiger partial charge in [-0.25, -0.2) is 4.98 Å². The van der Waals surface area contributed by atoms with E-state index in [4.69, 9.17) is 0 Å². The quantitative estimate of drug-likeness (QED) is 0.841. The summed E-state index contributed by atoms with van der Waals surface area (Å²) in [6.07, 6.45) is 7.32. The van der Waals surface area contributed by atoms with E-state index in [0.29, 0.717) is 11.8 Å². The number of fused-ring (bicyclic) bond motifs is 1. The molecule has 0 N–H and O–H groups in total. The number of rotatable bonds is 4. The molecular weight excluding hydrogens is 312 g/mol. The van der Waals surface area contributed by atoms with Gasteiger partial charge < -0.3 is 14.4 Å². The molecule has 1 unspecified atom stereocenters. The van der Waals surface area contributed by atoms with E-state index in [1.54, 1.807) is 0 Å². The van der Waals surface area contributed by atoms with Gasteiger partial charge in [0.1, 0.15) is 5.82 Å². The normalized spacial score (nSPS) is 23.1. The summed E-state index contributed by atoms with van der Waals surface area (Å²) in [4.78, 5) is 22.3. The number of imidazole rings is 1. The largest absolute Gasteiger partial charge is 0.333 e. The summed E-state index contributed by atoms with van der Waals surface area (Å²) in [5.74, 6) is 2.67. The zero-order chi connectivity index (χ0) is 18.0. The lowest BCUT2D eigenvalue weighted by Crippen LogP contribution is -2.45. The molecular formula is C20H34N4O. The number of aromatic nitrogens is 2. The van der Waals surface area contributed by atoms with Crippen molar-refractivity contribution >= 4 is 5.91 Å². The molecule has 2 aliphatic rings. The molecule has 5 heteroatoms. The lowest BCUT2D eigenvalue weighted by atomic mass is 9.87. The Balaban J connectivity index is 1.81. The van der Waals surface area contributed by atoms with Crippen LogP contribution in [0.2, 0.25) is 0 Å². The van der Waals surface area contributed by atoms with Crippen LogP contribution < -0.4 is 0 Å². The fraction of sp³-hybridized carbons (Fsp3) is 0.800. The third-order valence-corrected chi connectivity index (χ3v) is 5.63. The molecule has 2 aliphatic heterocycles. The van der Waals surface area contributed by atoms with Crippen LogP contribution in [-0.2, 0) is 11.3 Å². The molecule has 5 nitrogen and oxygen atoms in total. The lowest BCUT2D eigenvalue weighted by Gasteiger charge is -2.41. The van der Waals surface area contributed by atoms with Crippen molar-refractivity contribution in [1.82, 2.24) is 19.4 Å². The lowest BCUT2D eigenvalue weighted by molar-refractivity contribution is -0.139. The van der Waals surface area contributed by atoms with Crippen molar-refractivity contribution in [3.63, 3.8) is 0 Å². The Morgan fingerprint density at radius 1 is 1.16 bits per heavy atom. The first-order valence-electron chi connectivity index (χ1n) is 10.0. The van der Waals surface area contributed by atoms with E-state index >= 15 is 0 Å². The van der Waals surface area contributed by atoms with E-state index in [2.05, 4.69) is 39.4 Å². The molecule has 1 atom stereocenters. The minimum absolute atomic E-state index is 0.0463. The molecule has 3 heterocycles. The monoisotopic (exact) mass is 346 g/mol. The molecule has 140 valence electrons. The topological polar surface area (TPSA) is 41.4 Å². The maximum atomic E-state index is 12.9. The highest BCUT2D eigenvalue weighted by Gasteiger charge is 2.38. The second-order valence-electron chi connectivity index (χ2n) is 8.50. The maximum absolute atomic E-state index is 12.9. The predicted octanol–water partition coefficient (Wildman–Crippen LogP) is 3.18. The van der Waals surface area contributed by atoms with Crippen molar-refractivity contribution in [2.75, 3.05) is 26.2 Å². The van der Waals surface area contributed by atoms with E-state index in [1.807, 2.05) is 20.0 Å². The second kappa shape index (κ2) is 7.90. The van der Waals surface area contributed by atoms with Crippen LogP contribution in [0.5, 0.6) is 0 Å². The van der Waals surface area contributed by atoms with Gasteiger partial charge in [-0.05, 0) is 44.2 Å². The van der Waals surface area contributed by atoms with Crippen LogP contribution in [0.1, 0.15) is 58.8 Å². The van der Waals surface area contributed by atoms with Crippen LogP contribution in [0.3, 0.4) is 0 Å². The molecule has 1 saturated heterocycles. The van der Waals surface area contributed by atoms with E-state index in [9.17, 15) is 4.79 Å². The van der Waals surface area contributed by atoms with Gasteiger partial charge in [-0.15, -0.1) is 0 Å². The fourth-order valence-corrected chi connectivity index (χ4v) is 4.48. The van der Waals surface area contributed by atoms with Crippen molar-refractivity contribution < 1.29 is 4.79 Å². The van der Waals surface area contributed by atoms with Gasteiger partial charge in [-0.3, -0.25) is 4.79 Å². The Labute approximate surface area is 152 Å². The average molecular weight is 347 g/mol. The zero-order valence-corrected chi connectivity index (χ0v) is 16.3. The standard InChI is InChI=1S/C20H34N4O/c1-15(2)14-22-11-6-17(7-12-22)18-19-21-8-13-23(19)9-5-10-24(18)20(25)16(3)4/h8,13,15-18H,5-7,9-12,14H2,1-4H3.